The van der Waals surface area contributed by atoms with E-state index in [1.807, 2.05) is 54.6 Å². The van der Waals surface area contributed by atoms with E-state index in [1.165, 1.54) is 16.2 Å². The van der Waals surface area contributed by atoms with Crippen molar-refractivity contribution in [1.29, 1.82) is 0 Å². The second-order valence-electron chi connectivity index (χ2n) is 5.78. The molecule has 2 heterocycles. The van der Waals surface area contributed by atoms with Crippen molar-refractivity contribution in [2.45, 2.75) is 0 Å². The van der Waals surface area contributed by atoms with Crippen LogP contribution in [0, 0.1) is 0 Å². The summed E-state index contributed by atoms with van der Waals surface area (Å²) in [6, 6.07) is 21.0. The summed E-state index contributed by atoms with van der Waals surface area (Å²) in [6.07, 6.45) is 0. The van der Waals surface area contributed by atoms with Crippen LogP contribution < -0.4 is 4.90 Å². The smallest absolute Gasteiger partial charge is 0.266 e. The molecule has 0 unspecified atom stereocenters. The molecule has 0 saturated heterocycles. The second-order valence-corrected chi connectivity index (χ2v) is 6.84. The number of thiophene rings is 1. The number of anilines is 1. The highest BCUT2D eigenvalue weighted by Crippen LogP contribution is 2.38. The highest BCUT2D eigenvalue weighted by atomic mass is 32.1. The van der Waals surface area contributed by atoms with Crippen LogP contribution in [0.2, 0.25) is 0 Å². The summed E-state index contributed by atoms with van der Waals surface area (Å²) in [7, 11) is 0. The van der Waals surface area contributed by atoms with Crippen molar-refractivity contribution in [3.05, 3.63) is 77.9 Å². The first-order chi connectivity index (χ1) is 11.7. The van der Waals surface area contributed by atoms with E-state index >= 15 is 0 Å². The number of hydrogen-bond donors (Lipinski definition) is 0. The van der Waals surface area contributed by atoms with E-state index in [2.05, 4.69) is 0 Å². The molecule has 24 heavy (non-hydrogen) atoms. The Bertz CT molecular complexity index is 1070. The fourth-order valence-electron chi connectivity index (χ4n) is 3.31. The number of nitrogens with zero attached hydrogens (tertiary/aromatic N) is 1. The van der Waals surface area contributed by atoms with Crippen LogP contribution in [-0.4, -0.2) is 11.8 Å². The minimum atomic E-state index is -0.254. The minimum Gasteiger partial charge on any atom is -0.268 e. The van der Waals surface area contributed by atoms with Gasteiger partial charge in [-0.3, -0.25) is 9.59 Å². The molecule has 4 heteroatoms. The van der Waals surface area contributed by atoms with Crippen molar-refractivity contribution >= 4 is 49.0 Å². The molecule has 3 aromatic carbocycles. The standard InChI is InChI=1S/C20H11NO2S/c22-19-14-8-3-6-12-7-4-9-15(18(12)14)20(23)21(19)17-11-13-5-1-2-10-16(13)24-17/h1-11H. The molecule has 5 rings (SSSR count). The molecule has 0 aliphatic carbocycles. The van der Waals surface area contributed by atoms with Crippen molar-refractivity contribution in [2.75, 3.05) is 4.90 Å². The molecule has 2 amide bonds. The van der Waals surface area contributed by atoms with Gasteiger partial charge in [-0.25, -0.2) is 4.90 Å². The molecule has 0 atom stereocenters. The number of carbonyl (C=O) groups excluding carboxylic acids is 2. The van der Waals surface area contributed by atoms with Gasteiger partial charge in [-0.1, -0.05) is 42.5 Å². The van der Waals surface area contributed by atoms with E-state index in [4.69, 9.17) is 0 Å². The van der Waals surface area contributed by atoms with Crippen LogP contribution in [0.15, 0.2) is 66.7 Å². The van der Waals surface area contributed by atoms with Gasteiger partial charge in [0.1, 0.15) is 5.00 Å². The van der Waals surface area contributed by atoms with Crippen LogP contribution in [0.25, 0.3) is 20.9 Å². The molecule has 0 saturated carbocycles. The van der Waals surface area contributed by atoms with Gasteiger partial charge in [0.2, 0.25) is 0 Å². The first kappa shape index (κ1) is 13.5. The van der Waals surface area contributed by atoms with Gasteiger partial charge in [-0.2, -0.15) is 0 Å². The molecule has 0 N–H and O–H groups in total. The first-order valence-corrected chi connectivity index (χ1v) is 8.45. The molecule has 4 aromatic rings. The zero-order chi connectivity index (χ0) is 16.3. The zero-order valence-corrected chi connectivity index (χ0v) is 13.3. The van der Waals surface area contributed by atoms with E-state index < -0.39 is 0 Å². The topological polar surface area (TPSA) is 37.4 Å². The summed E-state index contributed by atoms with van der Waals surface area (Å²) in [5.41, 5.74) is 1.17. The van der Waals surface area contributed by atoms with Gasteiger partial charge >= 0.3 is 0 Å². The highest BCUT2D eigenvalue weighted by molar-refractivity contribution is 7.23. The highest BCUT2D eigenvalue weighted by Gasteiger charge is 2.34. The van der Waals surface area contributed by atoms with E-state index in [1.54, 1.807) is 12.1 Å². The molecule has 1 aliphatic rings. The number of rotatable bonds is 1. The van der Waals surface area contributed by atoms with Gasteiger partial charge < -0.3 is 0 Å². The summed E-state index contributed by atoms with van der Waals surface area (Å²) < 4.78 is 1.06. The van der Waals surface area contributed by atoms with Crippen LogP contribution in [0.1, 0.15) is 20.7 Å². The zero-order valence-electron chi connectivity index (χ0n) is 12.5. The third-order valence-corrected chi connectivity index (χ3v) is 5.51. The Morgan fingerprint density at radius 2 is 1.33 bits per heavy atom. The average molecular weight is 329 g/mol. The lowest BCUT2D eigenvalue weighted by molar-refractivity contribution is 0.0894. The summed E-state index contributed by atoms with van der Waals surface area (Å²) >= 11 is 1.46. The van der Waals surface area contributed by atoms with Gasteiger partial charge in [0.15, 0.2) is 0 Å². The van der Waals surface area contributed by atoms with E-state index in [0.29, 0.717) is 16.1 Å². The van der Waals surface area contributed by atoms with E-state index in [-0.39, 0.29) is 11.8 Å². The summed E-state index contributed by atoms with van der Waals surface area (Å²) in [5.74, 6) is -0.508. The number of carbonyl (C=O) groups is 2. The molecule has 0 bridgehead atoms. The number of amides is 2. The average Bonchev–Trinajstić information content (AvgIpc) is 3.03. The molecule has 1 aromatic heterocycles. The third kappa shape index (κ3) is 1.71. The Kier molecular flexibility index (Phi) is 2.67. The number of fused-ring (bicyclic) bond motifs is 1. The Hall–Kier alpha value is -2.98. The van der Waals surface area contributed by atoms with Crippen molar-refractivity contribution in [3.63, 3.8) is 0 Å². The summed E-state index contributed by atoms with van der Waals surface area (Å²) in [4.78, 5) is 27.3. The molecule has 1 aliphatic heterocycles. The molecule has 0 radical (unpaired) electrons. The maximum absolute atomic E-state index is 13.0. The summed E-state index contributed by atoms with van der Waals surface area (Å²) in [6.45, 7) is 0. The fraction of sp³-hybridized carbons (Fsp3) is 0. The molecule has 114 valence electrons. The number of hydrogen-bond acceptors (Lipinski definition) is 3. The Morgan fingerprint density at radius 1 is 0.708 bits per heavy atom. The van der Waals surface area contributed by atoms with Crippen LogP contribution >= 0.6 is 11.3 Å². The molecule has 0 fully saturated rings. The Labute approximate surface area is 141 Å². The van der Waals surface area contributed by atoms with Crippen LogP contribution in [-0.2, 0) is 0 Å². The first-order valence-electron chi connectivity index (χ1n) is 7.63. The predicted molar refractivity (Wildman–Crippen MR) is 96.9 cm³/mol. The Morgan fingerprint density at radius 3 is 2.00 bits per heavy atom. The van der Waals surface area contributed by atoms with Crippen molar-refractivity contribution in [2.24, 2.45) is 0 Å². The van der Waals surface area contributed by atoms with Crippen LogP contribution in [0.3, 0.4) is 0 Å². The second kappa shape index (κ2) is 4.76. The number of imide groups is 1. The maximum atomic E-state index is 13.0. The van der Waals surface area contributed by atoms with Crippen LogP contribution in [0.4, 0.5) is 5.00 Å². The number of benzene rings is 3. The van der Waals surface area contributed by atoms with Crippen molar-refractivity contribution in [3.8, 4) is 0 Å². The van der Waals surface area contributed by atoms with Crippen LogP contribution in [0.5, 0.6) is 0 Å². The van der Waals surface area contributed by atoms with Gasteiger partial charge in [0, 0.05) is 21.2 Å². The molecule has 0 spiro atoms. The van der Waals surface area contributed by atoms with Gasteiger partial charge in [0.25, 0.3) is 11.8 Å². The molecular weight excluding hydrogens is 318 g/mol. The lowest BCUT2D eigenvalue weighted by Gasteiger charge is -2.25. The maximum Gasteiger partial charge on any atom is 0.266 e. The Balaban J connectivity index is 1.77. The van der Waals surface area contributed by atoms with Crippen molar-refractivity contribution in [1.82, 2.24) is 0 Å². The third-order valence-electron chi connectivity index (χ3n) is 4.40. The normalized spacial score (nSPS) is 13.9. The lowest BCUT2D eigenvalue weighted by Crippen LogP contribution is -2.39. The SMILES string of the molecule is O=C1c2cccc3cccc(c23)C(=O)N1c1cc2ccccc2s1. The summed E-state index contributed by atoms with van der Waals surface area (Å²) in [5, 5.41) is 3.38. The molecular formula is C20H11NO2S. The van der Waals surface area contributed by atoms with Crippen molar-refractivity contribution < 1.29 is 9.59 Å². The van der Waals surface area contributed by atoms with E-state index in [9.17, 15) is 9.59 Å². The monoisotopic (exact) mass is 329 g/mol. The van der Waals surface area contributed by atoms with Gasteiger partial charge in [-0.05, 0) is 35.0 Å². The van der Waals surface area contributed by atoms with Gasteiger partial charge in [-0.15, -0.1) is 11.3 Å². The predicted octanol–water partition coefficient (Wildman–Crippen LogP) is 4.86. The minimum absolute atomic E-state index is 0.254. The molecule has 3 nitrogen and oxygen atoms in total. The largest absolute Gasteiger partial charge is 0.268 e. The van der Waals surface area contributed by atoms with Gasteiger partial charge in [0.05, 0.1) is 0 Å². The fourth-order valence-corrected chi connectivity index (χ4v) is 4.37. The quantitative estimate of drug-likeness (QED) is 0.468. The lowest BCUT2D eigenvalue weighted by atomic mass is 9.94. The van der Waals surface area contributed by atoms with E-state index in [0.717, 1.165) is 20.9 Å².